The molecule has 31 heavy (non-hydrogen) atoms. The third-order valence-electron chi connectivity index (χ3n) is 5.19. The largest absolute Gasteiger partial charge is 0.493 e. The molecule has 7 heteroatoms. The van der Waals surface area contributed by atoms with E-state index in [1.165, 1.54) is 32.4 Å². The van der Waals surface area contributed by atoms with Gasteiger partial charge in [0.25, 0.3) is 0 Å². The number of halogens is 1. The van der Waals surface area contributed by atoms with Gasteiger partial charge in [-0.25, -0.2) is 9.37 Å². The summed E-state index contributed by atoms with van der Waals surface area (Å²) < 4.78 is 30.3. The number of carbonyl (C=O) groups is 1. The van der Waals surface area contributed by atoms with Crippen LogP contribution in [-0.2, 0) is 11.2 Å². The number of aromatic nitrogens is 1. The molecule has 1 aromatic heterocycles. The first-order chi connectivity index (χ1) is 14.9. The zero-order chi connectivity index (χ0) is 22.2. The van der Waals surface area contributed by atoms with E-state index in [-0.39, 0.29) is 11.9 Å². The summed E-state index contributed by atoms with van der Waals surface area (Å²) in [5.41, 5.74) is 0.935. The number of ether oxygens (including phenoxy) is 3. The summed E-state index contributed by atoms with van der Waals surface area (Å²) in [5.74, 6) is -0.234. The lowest BCUT2D eigenvalue weighted by Crippen LogP contribution is -2.37. The van der Waals surface area contributed by atoms with Crippen LogP contribution in [0, 0.1) is 17.7 Å². The first-order valence-electron chi connectivity index (χ1n) is 10.7. The van der Waals surface area contributed by atoms with Crippen molar-refractivity contribution >= 4 is 5.97 Å². The molecule has 1 unspecified atom stereocenters. The number of nitrogens with zero attached hydrogens (tertiary/aromatic N) is 1. The molecule has 1 atom stereocenters. The van der Waals surface area contributed by atoms with Gasteiger partial charge in [-0.1, -0.05) is 38.3 Å². The first-order valence-corrected chi connectivity index (χ1v) is 10.7. The van der Waals surface area contributed by atoms with E-state index in [1.54, 1.807) is 6.92 Å². The number of aliphatic carboxylic acids is 1. The van der Waals surface area contributed by atoms with Crippen LogP contribution >= 0.6 is 0 Å². The molecule has 2 aromatic rings. The molecule has 0 bridgehead atoms. The van der Waals surface area contributed by atoms with Gasteiger partial charge in [-0.05, 0) is 42.9 Å². The number of pyridine rings is 1. The van der Waals surface area contributed by atoms with Crippen molar-refractivity contribution in [3.63, 3.8) is 0 Å². The molecule has 168 valence electrons. The van der Waals surface area contributed by atoms with Crippen molar-refractivity contribution < 1.29 is 28.5 Å². The Labute approximate surface area is 182 Å². The molecular weight excluding hydrogens is 401 g/mol. The Bertz CT molecular complexity index is 864. The maximum atomic E-state index is 13.8. The maximum absolute atomic E-state index is 13.8. The van der Waals surface area contributed by atoms with Crippen molar-refractivity contribution in [1.29, 1.82) is 0 Å². The van der Waals surface area contributed by atoms with E-state index in [4.69, 9.17) is 19.3 Å². The summed E-state index contributed by atoms with van der Waals surface area (Å²) in [6, 6.07) is 8.95. The predicted molar refractivity (Wildman–Crippen MR) is 114 cm³/mol. The Morgan fingerprint density at radius 3 is 2.65 bits per heavy atom. The van der Waals surface area contributed by atoms with E-state index in [1.807, 2.05) is 24.3 Å². The average Bonchev–Trinajstić information content (AvgIpc) is 3.60. The third-order valence-corrected chi connectivity index (χ3v) is 5.19. The van der Waals surface area contributed by atoms with Gasteiger partial charge in [-0.15, -0.1) is 0 Å². The molecule has 1 N–H and O–H groups in total. The van der Waals surface area contributed by atoms with Gasteiger partial charge in [0.1, 0.15) is 5.75 Å². The summed E-state index contributed by atoms with van der Waals surface area (Å²) in [6.45, 7) is 2.23. The van der Waals surface area contributed by atoms with Crippen LogP contribution in [0.1, 0.15) is 44.6 Å². The Balaban J connectivity index is 0.000000834. The number of hydrogen-bond donors (Lipinski definition) is 1. The van der Waals surface area contributed by atoms with E-state index in [9.17, 15) is 9.18 Å². The Morgan fingerprint density at radius 1 is 1.26 bits per heavy atom. The molecule has 1 heterocycles. The van der Waals surface area contributed by atoms with Crippen molar-refractivity contribution in [2.75, 3.05) is 13.7 Å². The quantitative estimate of drug-likeness (QED) is 0.609. The van der Waals surface area contributed by atoms with Crippen LogP contribution in [0.2, 0.25) is 0 Å². The lowest BCUT2D eigenvalue weighted by molar-refractivity contribution is -0.141. The molecule has 2 aliphatic rings. The van der Waals surface area contributed by atoms with Crippen molar-refractivity contribution in [1.82, 2.24) is 4.98 Å². The second kappa shape index (κ2) is 11.0. The van der Waals surface area contributed by atoms with Gasteiger partial charge in [-0.3, -0.25) is 4.79 Å². The smallest absolute Gasteiger partial charge is 0.306 e. The van der Waals surface area contributed by atoms with Crippen LogP contribution in [0.4, 0.5) is 4.39 Å². The minimum atomic E-state index is -0.810. The van der Waals surface area contributed by atoms with Gasteiger partial charge in [0, 0.05) is 6.07 Å². The molecule has 2 fully saturated rings. The van der Waals surface area contributed by atoms with E-state index in [0.29, 0.717) is 24.8 Å². The second-order valence-electron chi connectivity index (χ2n) is 8.20. The molecule has 0 spiro atoms. The van der Waals surface area contributed by atoms with Gasteiger partial charge in [0.05, 0.1) is 31.9 Å². The molecule has 4 rings (SSSR count). The molecule has 0 amide bonds. The monoisotopic (exact) mass is 431 g/mol. The van der Waals surface area contributed by atoms with Crippen molar-refractivity contribution in [3.05, 3.63) is 47.9 Å². The number of benzene rings is 1. The van der Waals surface area contributed by atoms with Crippen LogP contribution in [-0.4, -0.2) is 35.9 Å². The number of carboxylic acids is 1. The molecule has 6 nitrogen and oxygen atoms in total. The van der Waals surface area contributed by atoms with Crippen LogP contribution in [0.15, 0.2) is 36.5 Å². The van der Waals surface area contributed by atoms with Crippen LogP contribution in [0.25, 0.3) is 0 Å². The van der Waals surface area contributed by atoms with Crippen LogP contribution in [0.3, 0.4) is 0 Å². The number of carboxylic acid groups (broad SMARTS) is 1. The summed E-state index contributed by atoms with van der Waals surface area (Å²) in [4.78, 5) is 14.8. The highest BCUT2D eigenvalue weighted by Crippen LogP contribution is 2.33. The molecule has 2 aliphatic carbocycles. The maximum Gasteiger partial charge on any atom is 0.306 e. The number of hydrogen-bond acceptors (Lipinski definition) is 5. The fourth-order valence-electron chi connectivity index (χ4n) is 3.11. The molecule has 0 saturated heterocycles. The van der Waals surface area contributed by atoms with Crippen LogP contribution < -0.4 is 14.2 Å². The van der Waals surface area contributed by atoms with Gasteiger partial charge in [-0.2, -0.15) is 0 Å². The lowest BCUT2D eigenvalue weighted by atomic mass is 9.83. The fourth-order valence-corrected chi connectivity index (χ4v) is 3.11. The molecule has 0 aliphatic heterocycles. The molecule has 0 radical (unpaired) electrons. The zero-order valence-electron chi connectivity index (χ0n) is 18.1. The van der Waals surface area contributed by atoms with Crippen molar-refractivity contribution in [2.24, 2.45) is 11.8 Å². The lowest BCUT2D eigenvalue weighted by Gasteiger charge is -2.35. The molecular formula is C24H30FNO5. The van der Waals surface area contributed by atoms with Gasteiger partial charge < -0.3 is 19.3 Å². The third kappa shape index (κ3) is 7.42. The van der Waals surface area contributed by atoms with Crippen LogP contribution in [0.5, 0.6) is 17.4 Å². The summed E-state index contributed by atoms with van der Waals surface area (Å²) in [7, 11) is 1.47. The van der Waals surface area contributed by atoms with Gasteiger partial charge >= 0.3 is 5.97 Å². The number of rotatable bonds is 9. The second-order valence-corrected chi connectivity index (χ2v) is 8.20. The highest BCUT2D eigenvalue weighted by atomic mass is 19.1. The minimum absolute atomic E-state index is 0.0574. The first kappa shape index (κ1) is 22.8. The number of methoxy groups -OCH3 is 1. The SMILES string of the molecule is C1CC1.COc1cc(OC2CC(COc3cccc(CC(C)C(=O)O)c3)C2)c(F)cn1. The van der Waals surface area contributed by atoms with Gasteiger partial charge in [0.15, 0.2) is 11.6 Å². The highest BCUT2D eigenvalue weighted by Gasteiger charge is 2.32. The summed E-state index contributed by atoms with van der Waals surface area (Å²) in [6.07, 6.45) is 7.55. The summed E-state index contributed by atoms with van der Waals surface area (Å²) >= 11 is 0. The Hall–Kier alpha value is -2.83. The van der Waals surface area contributed by atoms with E-state index in [0.717, 1.165) is 30.4 Å². The predicted octanol–water partition coefficient (Wildman–Crippen LogP) is 4.90. The molecule has 2 saturated carbocycles. The van der Waals surface area contributed by atoms with Crippen molar-refractivity contribution in [3.8, 4) is 17.4 Å². The Morgan fingerprint density at radius 2 is 2.00 bits per heavy atom. The fraction of sp³-hybridized carbons (Fsp3) is 0.500. The van der Waals surface area contributed by atoms with Gasteiger partial charge in [0.2, 0.25) is 5.88 Å². The summed E-state index contributed by atoms with van der Waals surface area (Å²) in [5, 5.41) is 9.03. The Kier molecular flexibility index (Phi) is 8.09. The normalized spacial score (nSPS) is 19.8. The topological polar surface area (TPSA) is 77.9 Å². The standard InChI is InChI=1S/C21H24FNO5.C3H6/c1-13(21(24)25)6-14-4-3-5-16(7-14)27-12-15-8-17(9-15)28-19-10-20(26-2)23-11-18(19)22;1-2-3-1/h3-5,7,10-11,13,15,17H,6,8-9,12H2,1-2H3,(H,24,25);1-3H2. The van der Waals surface area contributed by atoms with Crippen molar-refractivity contribution in [2.45, 2.75) is 51.6 Å². The van der Waals surface area contributed by atoms with E-state index in [2.05, 4.69) is 4.98 Å². The minimum Gasteiger partial charge on any atom is -0.493 e. The van der Waals surface area contributed by atoms with E-state index < -0.39 is 17.7 Å². The highest BCUT2D eigenvalue weighted by molar-refractivity contribution is 5.69. The average molecular weight is 432 g/mol. The molecule has 1 aromatic carbocycles. The van der Waals surface area contributed by atoms with E-state index >= 15 is 0 Å². The zero-order valence-corrected chi connectivity index (χ0v) is 18.1.